The molecule has 2 aromatic carbocycles. The Hall–Kier alpha value is -2.27. The van der Waals surface area contributed by atoms with Crippen LogP contribution in [0.1, 0.15) is 32.9 Å². The fourth-order valence-corrected chi connectivity index (χ4v) is 2.38. The molecule has 4 rings (SSSR count). The summed E-state index contributed by atoms with van der Waals surface area (Å²) >= 11 is 0. The molecule has 1 N–H and O–H groups in total. The quantitative estimate of drug-likeness (QED) is 0.927. The minimum atomic E-state index is -2.94. The van der Waals surface area contributed by atoms with Crippen LogP contribution in [0.25, 0.3) is 0 Å². The van der Waals surface area contributed by atoms with E-state index in [1.165, 1.54) is 18.2 Å². The van der Waals surface area contributed by atoms with Crippen LogP contribution >= 0.6 is 0 Å². The fraction of sp³-hybridized carbons (Fsp3) is 0.368. The van der Waals surface area contributed by atoms with Crippen molar-refractivity contribution in [2.24, 2.45) is 5.89 Å². The molecule has 0 radical (unpaired) electrons. The summed E-state index contributed by atoms with van der Waals surface area (Å²) in [7, 11) is 0. The van der Waals surface area contributed by atoms with E-state index in [0.29, 0.717) is 0 Å². The van der Waals surface area contributed by atoms with Gasteiger partial charge in [-0.1, -0.05) is 12.1 Å². The van der Waals surface area contributed by atoms with Gasteiger partial charge in [0.2, 0.25) is 6.75 Å². The van der Waals surface area contributed by atoms with E-state index in [4.69, 9.17) is 29.3 Å². The molecule has 1 saturated heterocycles. The van der Waals surface area contributed by atoms with Crippen molar-refractivity contribution >= 4 is 0 Å². The van der Waals surface area contributed by atoms with E-state index in [1.54, 1.807) is 0 Å². The molecule has 0 aliphatic carbocycles. The maximum atomic E-state index is 14.2. The molecule has 2 heterocycles. The van der Waals surface area contributed by atoms with Gasteiger partial charge < -0.3 is 19.5 Å². The molecule has 0 aromatic heterocycles. The third-order valence-corrected chi connectivity index (χ3v) is 3.57. The number of benzene rings is 2. The van der Waals surface area contributed by atoms with E-state index in [2.05, 4.69) is 5.32 Å². The highest BCUT2D eigenvalue weighted by Gasteiger charge is 2.27. The SMILES string of the molecule is [2H]c1c([2H])c(C2C([2H])([2H])C([2H])([2H])NC[C@]2([2H])COc2ccc3c(c2)OC([2H])([2H])O3)c([2H])c([2H])c1F. The Morgan fingerprint density at radius 1 is 1.29 bits per heavy atom. The monoisotopic (exact) mass is 340 g/mol. The predicted molar refractivity (Wildman–Crippen MR) is 88.2 cm³/mol. The van der Waals surface area contributed by atoms with Gasteiger partial charge >= 0.3 is 0 Å². The number of fused-ring (bicyclic) bond motifs is 1. The summed E-state index contributed by atoms with van der Waals surface area (Å²) in [5.74, 6) is -5.20. The lowest BCUT2D eigenvalue weighted by molar-refractivity contribution is 0.173. The van der Waals surface area contributed by atoms with Gasteiger partial charge in [-0.3, -0.25) is 0 Å². The van der Waals surface area contributed by atoms with Crippen molar-refractivity contribution in [2.45, 2.75) is 12.3 Å². The molecular formula is C19H20FNO3. The van der Waals surface area contributed by atoms with Crippen LogP contribution < -0.4 is 19.5 Å². The van der Waals surface area contributed by atoms with Crippen molar-refractivity contribution in [3.05, 3.63) is 53.7 Å². The van der Waals surface area contributed by atoms with E-state index in [0.717, 1.165) is 0 Å². The van der Waals surface area contributed by atoms with Gasteiger partial charge in [0, 0.05) is 25.4 Å². The summed E-state index contributed by atoms with van der Waals surface area (Å²) in [6, 6.07) is 0.126. The zero-order valence-corrected chi connectivity index (χ0v) is 12.3. The largest absolute Gasteiger partial charge is 0.493 e. The number of hydrogen-bond donors (Lipinski definition) is 1. The van der Waals surface area contributed by atoms with E-state index >= 15 is 0 Å². The summed E-state index contributed by atoms with van der Waals surface area (Å²) in [6.07, 6.45) is -2.94. The molecule has 2 aromatic rings. The van der Waals surface area contributed by atoms with Crippen molar-refractivity contribution in [1.29, 1.82) is 0 Å². The standard InChI is InChI=1S/C19H20FNO3/c20-15-3-1-13(2-4-15)17-7-8-21-10-14(17)11-22-16-5-6-18-19(9-16)24-12-23-18/h1-6,9,14,17,21H,7-8,10-12H2/t14-,17?/m1/s1/i1D,2D,3D,4D,7D2,8D2,12D2,14D. The average molecular weight is 340 g/mol. The first-order valence-electron chi connectivity index (χ1n) is 12.7. The molecule has 0 saturated carbocycles. The number of piperidine rings is 1. The first-order chi connectivity index (χ1) is 16.0. The van der Waals surface area contributed by atoms with E-state index in [1.807, 2.05) is 0 Å². The van der Waals surface area contributed by atoms with Crippen molar-refractivity contribution in [3.8, 4) is 17.2 Å². The van der Waals surface area contributed by atoms with Crippen LogP contribution in [0.5, 0.6) is 17.2 Å². The number of nitrogens with one attached hydrogen (secondary N) is 1. The molecule has 1 fully saturated rings. The number of halogens is 1. The van der Waals surface area contributed by atoms with Crippen LogP contribution in [0.4, 0.5) is 4.39 Å². The Bertz CT molecular complexity index is 1170. The Morgan fingerprint density at radius 3 is 3.00 bits per heavy atom. The van der Waals surface area contributed by atoms with E-state index in [-0.39, 0.29) is 17.2 Å². The fourth-order valence-electron chi connectivity index (χ4n) is 2.38. The van der Waals surface area contributed by atoms with Crippen LogP contribution in [0, 0.1) is 11.7 Å². The summed E-state index contributed by atoms with van der Waals surface area (Å²) in [4.78, 5) is 0. The minimum absolute atomic E-state index is 0.0228. The zero-order valence-electron chi connectivity index (χ0n) is 23.3. The third-order valence-electron chi connectivity index (χ3n) is 3.57. The number of hydrogen-bond acceptors (Lipinski definition) is 4. The molecule has 1 unspecified atom stereocenters. The van der Waals surface area contributed by atoms with Gasteiger partial charge in [0.25, 0.3) is 0 Å². The maximum Gasteiger partial charge on any atom is 0.231 e. The van der Waals surface area contributed by atoms with Gasteiger partial charge in [0.05, 0.1) is 12.1 Å². The van der Waals surface area contributed by atoms with Crippen LogP contribution in [-0.4, -0.2) is 26.4 Å². The first-order valence-corrected chi connectivity index (χ1v) is 7.16. The lowest BCUT2D eigenvalue weighted by Crippen LogP contribution is -2.38. The lowest BCUT2D eigenvalue weighted by atomic mass is 9.81. The van der Waals surface area contributed by atoms with Crippen LogP contribution in [0.15, 0.2) is 42.4 Å². The topological polar surface area (TPSA) is 39.7 Å². The molecule has 0 bridgehead atoms. The maximum absolute atomic E-state index is 14.2. The van der Waals surface area contributed by atoms with E-state index < -0.39 is 80.1 Å². The van der Waals surface area contributed by atoms with Gasteiger partial charge in [-0.2, -0.15) is 0 Å². The normalized spacial score (nSPS) is 38.4. The number of ether oxygens (including phenoxy) is 3. The smallest absolute Gasteiger partial charge is 0.231 e. The second-order valence-corrected chi connectivity index (χ2v) is 5.13. The molecule has 0 amide bonds. The Morgan fingerprint density at radius 2 is 2.12 bits per heavy atom. The molecule has 2 atom stereocenters. The Balaban J connectivity index is 1.75. The van der Waals surface area contributed by atoms with Gasteiger partial charge in [0.15, 0.2) is 11.5 Å². The van der Waals surface area contributed by atoms with Gasteiger partial charge in [-0.15, -0.1) is 0 Å². The molecule has 126 valence electrons. The molecular weight excluding hydrogens is 309 g/mol. The Labute approximate surface area is 156 Å². The second kappa shape index (κ2) is 6.69. The van der Waals surface area contributed by atoms with Crippen molar-refractivity contribution in [3.63, 3.8) is 0 Å². The molecule has 2 aliphatic rings. The molecule has 2 aliphatic heterocycles. The summed E-state index contributed by atoms with van der Waals surface area (Å²) in [5.41, 5.74) is -0.630. The van der Waals surface area contributed by atoms with Crippen LogP contribution in [-0.2, 0) is 0 Å². The summed E-state index contributed by atoms with van der Waals surface area (Å²) in [6.45, 7) is -6.22. The lowest BCUT2D eigenvalue weighted by Gasteiger charge is -2.32. The highest BCUT2D eigenvalue weighted by atomic mass is 19.1. The zero-order chi connectivity index (χ0) is 26.1. The van der Waals surface area contributed by atoms with Crippen LogP contribution in [0.2, 0.25) is 0 Å². The highest BCUT2D eigenvalue weighted by Crippen LogP contribution is 2.36. The van der Waals surface area contributed by atoms with E-state index in [9.17, 15) is 4.39 Å². The second-order valence-electron chi connectivity index (χ2n) is 5.13. The predicted octanol–water partition coefficient (Wildman–Crippen LogP) is 3.33. The molecule has 24 heavy (non-hydrogen) atoms. The first kappa shape index (κ1) is 7.31. The van der Waals surface area contributed by atoms with Crippen molar-refractivity contribution in [1.82, 2.24) is 5.32 Å². The molecule has 4 nitrogen and oxygen atoms in total. The summed E-state index contributed by atoms with van der Waals surface area (Å²) in [5, 5.41) is 2.31. The summed E-state index contributed by atoms with van der Waals surface area (Å²) < 4.78 is 119. The van der Waals surface area contributed by atoms with Gasteiger partial charge in [0.1, 0.15) is 14.3 Å². The van der Waals surface area contributed by atoms with Crippen LogP contribution in [0.3, 0.4) is 0 Å². The Kier molecular flexibility index (Phi) is 2.04. The average Bonchev–Trinajstić information content (AvgIpc) is 3.08. The minimum Gasteiger partial charge on any atom is -0.493 e. The highest BCUT2D eigenvalue weighted by molar-refractivity contribution is 5.46. The number of rotatable bonds is 4. The van der Waals surface area contributed by atoms with Gasteiger partial charge in [-0.25, -0.2) is 4.39 Å². The van der Waals surface area contributed by atoms with Crippen molar-refractivity contribution in [2.75, 3.05) is 26.4 Å². The third kappa shape index (κ3) is 3.17. The van der Waals surface area contributed by atoms with Gasteiger partial charge in [-0.05, 0) is 48.6 Å². The molecule has 5 heteroatoms. The molecule has 0 spiro atoms. The van der Waals surface area contributed by atoms with Crippen molar-refractivity contribution < 1.29 is 33.7 Å².